The fourth-order valence-corrected chi connectivity index (χ4v) is 9.20. The predicted molar refractivity (Wildman–Crippen MR) is 326 cm³/mol. The van der Waals surface area contributed by atoms with Crippen LogP contribution in [0, 0.1) is 0 Å². The summed E-state index contributed by atoms with van der Waals surface area (Å²) in [7, 11) is 8.18. The Morgan fingerprint density at radius 2 is 0.808 bits per heavy atom. The molecule has 6 aromatic carbocycles. The smallest absolute Gasteiger partial charge is 0.233 e. The Bertz CT molecular complexity index is 3210. The largest absolute Gasteiger partial charge is 0.355 e. The van der Waals surface area contributed by atoms with Crippen molar-refractivity contribution in [1.82, 2.24) is 41.0 Å². The SMILES string of the molecule is C.C.C.C.CCNC(=O)CNCCCN(C)C.CCNC(=O)CNCCCN(C)C.O=C1c2ccccc2Cc2cc3c(=O)c4ccccc4[nH]c3cc21.O=C1c2ccccc2Cc2cc3c(=O)c4ccccc4[nH]c3cc21. The van der Waals surface area contributed by atoms with Crippen LogP contribution in [0.25, 0.3) is 43.6 Å². The number of benzene rings is 6. The average Bonchev–Trinajstić information content (AvgIpc) is 3.58. The molecule has 6 N–H and O–H groups in total. The molecule has 78 heavy (non-hydrogen) atoms. The van der Waals surface area contributed by atoms with Gasteiger partial charge >= 0.3 is 0 Å². The van der Waals surface area contributed by atoms with Crippen LogP contribution in [0.1, 0.15) is 110 Å². The van der Waals surface area contributed by atoms with E-state index in [2.05, 4.69) is 41.0 Å². The van der Waals surface area contributed by atoms with Crippen molar-refractivity contribution < 1.29 is 19.2 Å². The summed E-state index contributed by atoms with van der Waals surface area (Å²) in [5.74, 6) is 0.213. The predicted octanol–water partition coefficient (Wildman–Crippen LogP) is 9.51. The number of H-pyrrole nitrogens is 2. The molecule has 14 nitrogen and oxygen atoms in total. The minimum absolute atomic E-state index is 0. The van der Waals surface area contributed by atoms with Gasteiger partial charge in [0.25, 0.3) is 0 Å². The number of hydrogen-bond donors (Lipinski definition) is 6. The first-order valence-corrected chi connectivity index (χ1v) is 25.4. The van der Waals surface area contributed by atoms with Gasteiger partial charge in [-0.1, -0.05) is 103 Å². The zero-order valence-corrected chi connectivity index (χ0v) is 43.4. The molecule has 0 fully saturated rings. The molecule has 0 saturated carbocycles. The number of hydrogen-bond acceptors (Lipinski definition) is 10. The number of likely N-dealkylation sites (N-methyl/N-ethyl adjacent to an activating group) is 2. The number of para-hydroxylation sites is 2. The highest BCUT2D eigenvalue weighted by Gasteiger charge is 2.25. The van der Waals surface area contributed by atoms with Gasteiger partial charge in [0.05, 0.1) is 24.1 Å². The van der Waals surface area contributed by atoms with Gasteiger partial charge in [0.1, 0.15) is 0 Å². The van der Waals surface area contributed by atoms with Crippen molar-refractivity contribution in [3.63, 3.8) is 0 Å². The number of ketones is 2. The number of rotatable bonds is 14. The molecule has 8 aromatic rings. The summed E-state index contributed by atoms with van der Waals surface area (Å²) in [6.45, 7) is 10.0. The first-order chi connectivity index (χ1) is 35.8. The van der Waals surface area contributed by atoms with E-state index in [4.69, 9.17) is 0 Å². The van der Waals surface area contributed by atoms with Gasteiger partial charge in [0.15, 0.2) is 22.4 Å². The van der Waals surface area contributed by atoms with Crippen molar-refractivity contribution in [2.24, 2.45) is 0 Å². The number of nitrogens with zero attached hydrogens (tertiary/aromatic N) is 2. The second kappa shape index (κ2) is 31.0. The number of amides is 2. The Labute approximate surface area is 461 Å². The second-order valence-electron chi connectivity index (χ2n) is 19.0. The monoisotopic (exact) mass is 1060 g/mol. The molecule has 2 aliphatic carbocycles. The van der Waals surface area contributed by atoms with Crippen LogP contribution in [-0.4, -0.2) is 124 Å². The summed E-state index contributed by atoms with van der Waals surface area (Å²) < 4.78 is 0. The summed E-state index contributed by atoms with van der Waals surface area (Å²) in [5, 5.41) is 14.3. The number of fused-ring (bicyclic) bond motifs is 8. The van der Waals surface area contributed by atoms with Gasteiger partial charge in [-0.2, -0.15) is 0 Å². The van der Waals surface area contributed by atoms with E-state index < -0.39 is 0 Å². The van der Waals surface area contributed by atoms with Gasteiger partial charge in [-0.25, -0.2) is 0 Å². The standard InChI is InChI=1S/2C21H13NO2.2C9H21N3O.4CH4/c2*23-20-14-6-2-1-5-12(14)9-13-10-17-19(11-16(13)20)22-18-8-4-3-7-15(18)21(17)24;2*1-4-11-9(13)8-10-6-5-7-12(2)3;;;;/h2*1-8,10-11H,9H2,(H,22,24);2*10H,4-8H2,1-3H3,(H,11,13);4*1H4. The normalized spacial score (nSPS) is 11.5. The number of carbonyl (C=O) groups is 4. The van der Waals surface area contributed by atoms with Crippen LogP contribution < -0.4 is 32.1 Å². The van der Waals surface area contributed by atoms with Gasteiger partial charge in [-0.05, 0) is 165 Å². The van der Waals surface area contributed by atoms with Gasteiger partial charge in [-0.3, -0.25) is 28.8 Å². The summed E-state index contributed by atoms with van der Waals surface area (Å²) >= 11 is 0. The quantitative estimate of drug-likeness (QED) is 0.0452. The van der Waals surface area contributed by atoms with Crippen molar-refractivity contribution in [2.75, 3.05) is 80.5 Å². The van der Waals surface area contributed by atoms with Crippen LogP contribution in [0.2, 0.25) is 0 Å². The molecule has 14 heteroatoms. The highest BCUT2D eigenvalue weighted by atomic mass is 16.2. The lowest BCUT2D eigenvalue weighted by atomic mass is 9.84. The van der Waals surface area contributed by atoms with Crippen molar-refractivity contribution >= 4 is 67.0 Å². The maximum absolute atomic E-state index is 12.8. The van der Waals surface area contributed by atoms with Gasteiger partial charge in [0, 0.05) is 67.9 Å². The summed E-state index contributed by atoms with van der Waals surface area (Å²) in [6, 6.07) is 37.7. The minimum atomic E-state index is 0. The van der Waals surface area contributed by atoms with E-state index in [1.807, 2.05) is 163 Å². The molecule has 0 aliphatic heterocycles. The summed E-state index contributed by atoms with van der Waals surface area (Å²) in [5.41, 5.74) is 9.80. The molecule has 416 valence electrons. The highest BCUT2D eigenvalue weighted by molar-refractivity contribution is 6.15. The van der Waals surface area contributed by atoms with E-state index in [9.17, 15) is 28.8 Å². The Morgan fingerprint density at radius 3 is 1.18 bits per heavy atom. The Kier molecular flexibility index (Phi) is 25.7. The zero-order valence-electron chi connectivity index (χ0n) is 43.4. The molecule has 2 amide bonds. The number of nitrogens with one attached hydrogen (secondary N) is 6. The highest BCUT2D eigenvalue weighted by Crippen LogP contribution is 2.31. The molecule has 0 radical (unpaired) electrons. The van der Waals surface area contributed by atoms with Gasteiger partial charge in [-0.15, -0.1) is 0 Å². The zero-order chi connectivity index (χ0) is 52.7. The molecule has 2 heterocycles. The van der Waals surface area contributed by atoms with E-state index >= 15 is 0 Å². The lowest BCUT2D eigenvalue weighted by Crippen LogP contribution is -2.34. The fourth-order valence-electron chi connectivity index (χ4n) is 9.20. The van der Waals surface area contributed by atoms with Crippen LogP contribution >= 0.6 is 0 Å². The Balaban J connectivity index is 0.000000281. The third-order valence-corrected chi connectivity index (χ3v) is 12.9. The van der Waals surface area contributed by atoms with Gasteiger partial charge in [0.2, 0.25) is 11.8 Å². The minimum Gasteiger partial charge on any atom is -0.355 e. The topological polar surface area (TPSA) is 189 Å². The molecule has 0 spiro atoms. The van der Waals surface area contributed by atoms with E-state index in [1.165, 1.54) is 0 Å². The fraction of sp³-hybridized carbons (Fsp3) is 0.344. The lowest BCUT2D eigenvalue weighted by molar-refractivity contribution is -0.120. The maximum atomic E-state index is 12.8. The van der Waals surface area contributed by atoms with Crippen molar-refractivity contribution in [3.05, 3.63) is 186 Å². The van der Waals surface area contributed by atoms with Crippen LogP contribution in [0.5, 0.6) is 0 Å². The molecule has 0 bridgehead atoms. The maximum Gasteiger partial charge on any atom is 0.233 e. The molecular formula is C64H84N8O6. The van der Waals surface area contributed by atoms with E-state index in [1.54, 1.807) is 0 Å². The molecular weight excluding hydrogens is 977 g/mol. The van der Waals surface area contributed by atoms with E-state index in [-0.39, 0.29) is 63.9 Å². The Morgan fingerprint density at radius 1 is 0.449 bits per heavy atom. The van der Waals surface area contributed by atoms with Crippen LogP contribution in [-0.2, 0) is 22.4 Å². The lowest BCUT2D eigenvalue weighted by Gasteiger charge is -2.19. The number of carbonyl (C=O) groups excluding carboxylic acids is 4. The summed E-state index contributed by atoms with van der Waals surface area (Å²) in [6.07, 6.45) is 3.51. The van der Waals surface area contributed by atoms with Crippen LogP contribution in [0.15, 0.2) is 131 Å². The van der Waals surface area contributed by atoms with Crippen molar-refractivity contribution in [3.8, 4) is 0 Å². The van der Waals surface area contributed by atoms with Crippen LogP contribution in [0.4, 0.5) is 0 Å². The number of aromatic nitrogens is 2. The molecule has 0 atom stereocenters. The third kappa shape index (κ3) is 16.2. The van der Waals surface area contributed by atoms with E-state index in [0.717, 1.165) is 83.4 Å². The molecule has 2 aliphatic rings. The molecule has 0 unspecified atom stereocenters. The first kappa shape index (κ1) is 64.7. The van der Waals surface area contributed by atoms with E-state index in [0.29, 0.717) is 82.7 Å². The van der Waals surface area contributed by atoms with Crippen molar-refractivity contribution in [1.29, 1.82) is 0 Å². The van der Waals surface area contributed by atoms with Gasteiger partial charge < -0.3 is 41.0 Å². The molecule has 2 aromatic heterocycles. The Hall–Kier alpha value is -7.62. The second-order valence-corrected chi connectivity index (χ2v) is 19.0. The number of pyridine rings is 2. The first-order valence-electron chi connectivity index (χ1n) is 25.4. The van der Waals surface area contributed by atoms with Crippen LogP contribution in [0.3, 0.4) is 0 Å². The molecule has 0 saturated heterocycles. The number of aromatic amines is 2. The average molecular weight is 1060 g/mol. The third-order valence-electron chi connectivity index (χ3n) is 12.9. The molecule has 10 rings (SSSR count). The van der Waals surface area contributed by atoms with Crippen molar-refractivity contribution in [2.45, 2.75) is 69.2 Å². The summed E-state index contributed by atoms with van der Waals surface area (Å²) in [4.78, 5) is 84.0.